The normalized spacial score (nSPS) is 13.5. The lowest BCUT2D eigenvalue weighted by atomic mass is 10.2. The third kappa shape index (κ3) is 9.62. The average Bonchev–Trinajstić information content (AvgIpc) is 2.67. The number of hydrogen-bond donors (Lipinski definition) is 2. The summed E-state index contributed by atoms with van der Waals surface area (Å²) in [6.07, 6.45) is 0. The Hall–Kier alpha value is -1.02. The van der Waals surface area contributed by atoms with Gasteiger partial charge in [0.15, 0.2) is 0 Å². The van der Waals surface area contributed by atoms with Crippen LogP contribution in [-0.4, -0.2) is 36.8 Å². The molecule has 0 aromatic heterocycles. The smallest absolute Gasteiger partial charge is 0.0717 e. The van der Waals surface area contributed by atoms with Crippen LogP contribution in [0.3, 0.4) is 0 Å². The molecule has 0 aliphatic rings. The van der Waals surface area contributed by atoms with Gasteiger partial charge in [-0.05, 0) is 11.1 Å². The summed E-state index contributed by atoms with van der Waals surface area (Å²) in [6, 6.07) is 20.3. The molecule has 4 nitrogen and oxygen atoms in total. The van der Waals surface area contributed by atoms with E-state index in [-0.39, 0.29) is 12.1 Å². The van der Waals surface area contributed by atoms with Crippen LogP contribution in [0.15, 0.2) is 60.7 Å². The van der Waals surface area contributed by atoms with Crippen LogP contribution >= 0.6 is 21.6 Å². The van der Waals surface area contributed by atoms with E-state index >= 15 is 0 Å². The lowest BCUT2D eigenvalue weighted by Gasteiger charge is -2.14. The van der Waals surface area contributed by atoms with Crippen molar-refractivity contribution < 1.29 is 9.47 Å². The number of benzene rings is 2. The molecule has 0 spiro atoms. The highest BCUT2D eigenvalue weighted by Gasteiger charge is 2.07. The van der Waals surface area contributed by atoms with Gasteiger partial charge in [0.2, 0.25) is 0 Å². The first-order valence-corrected chi connectivity index (χ1v) is 11.2. The Morgan fingerprint density at radius 2 is 1.04 bits per heavy atom. The van der Waals surface area contributed by atoms with Crippen molar-refractivity contribution in [3.8, 4) is 0 Å². The molecule has 0 bridgehead atoms. The fourth-order valence-corrected chi connectivity index (χ4v) is 4.53. The standard InChI is InChI=1S/C20H28N2O2S2/c21-19(13-23-11-17-7-3-1-4-8-17)15-25-26-16-20(22)14-24-12-18-9-5-2-6-10-18/h1-10,19-20H,11-16,21-22H2/t19-,20+. The third-order valence-electron chi connectivity index (χ3n) is 3.53. The van der Waals surface area contributed by atoms with Crippen molar-refractivity contribution in [2.24, 2.45) is 11.5 Å². The van der Waals surface area contributed by atoms with Crippen LogP contribution in [0.2, 0.25) is 0 Å². The SMILES string of the molecule is N[C@H](COCc1ccccc1)CSSC[C@@H](N)COCc1ccccc1. The topological polar surface area (TPSA) is 70.5 Å². The number of ether oxygens (including phenoxy) is 2. The summed E-state index contributed by atoms with van der Waals surface area (Å²) in [5.41, 5.74) is 14.5. The molecular weight excluding hydrogens is 364 g/mol. The molecule has 0 saturated carbocycles. The molecule has 0 radical (unpaired) electrons. The van der Waals surface area contributed by atoms with Crippen molar-refractivity contribution in [1.82, 2.24) is 0 Å². The first-order valence-electron chi connectivity index (χ1n) is 8.73. The van der Waals surface area contributed by atoms with Gasteiger partial charge in [-0.25, -0.2) is 0 Å². The molecule has 0 heterocycles. The highest BCUT2D eigenvalue weighted by molar-refractivity contribution is 8.76. The summed E-state index contributed by atoms with van der Waals surface area (Å²) in [6.45, 7) is 2.34. The molecule has 26 heavy (non-hydrogen) atoms. The second-order valence-electron chi connectivity index (χ2n) is 6.09. The van der Waals surface area contributed by atoms with E-state index in [9.17, 15) is 0 Å². The first-order chi connectivity index (χ1) is 12.7. The van der Waals surface area contributed by atoms with E-state index in [2.05, 4.69) is 24.3 Å². The van der Waals surface area contributed by atoms with Crippen molar-refractivity contribution in [3.63, 3.8) is 0 Å². The second kappa shape index (κ2) is 13.2. The zero-order chi connectivity index (χ0) is 18.5. The zero-order valence-corrected chi connectivity index (χ0v) is 16.6. The number of nitrogens with two attached hydrogens (primary N) is 2. The minimum Gasteiger partial charge on any atom is -0.375 e. The van der Waals surface area contributed by atoms with Gasteiger partial charge in [-0.1, -0.05) is 82.3 Å². The minimum atomic E-state index is 0.0294. The maximum atomic E-state index is 6.08. The molecule has 0 saturated heterocycles. The van der Waals surface area contributed by atoms with Crippen LogP contribution in [0.4, 0.5) is 0 Å². The van der Waals surface area contributed by atoms with E-state index in [1.54, 1.807) is 21.6 Å². The third-order valence-corrected chi connectivity index (χ3v) is 6.15. The molecule has 142 valence electrons. The van der Waals surface area contributed by atoms with Crippen molar-refractivity contribution in [2.75, 3.05) is 24.7 Å². The molecule has 0 aliphatic carbocycles. The minimum absolute atomic E-state index is 0.0294. The fourth-order valence-electron chi connectivity index (χ4n) is 2.17. The highest BCUT2D eigenvalue weighted by Crippen LogP contribution is 2.22. The molecule has 4 N–H and O–H groups in total. The Morgan fingerprint density at radius 1 is 0.654 bits per heavy atom. The maximum Gasteiger partial charge on any atom is 0.0717 e. The van der Waals surface area contributed by atoms with Crippen LogP contribution in [0.25, 0.3) is 0 Å². The molecule has 2 aromatic carbocycles. The van der Waals surface area contributed by atoms with Gasteiger partial charge in [-0.2, -0.15) is 0 Å². The van der Waals surface area contributed by atoms with Gasteiger partial charge in [-0.15, -0.1) is 0 Å². The lowest BCUT2D eigenvalue weighted by molar-refractivity contribution is 0.112. The number of hydrogen-bond acceptors (Lipinski definition) is 6. The highest BCUT2D eigenvalue weighted by atomic mass is 33.1. The molecule has 6 heteroatoms. The predicted molar refractivity (Wildman–Crippen MR) is 113 cm³/mol. The fraction of sp³-hybridized carbons (Fsp3) is 0.400. The maximum absolute atomic E-state index is 6.08. The summed E-state index contributed by atoms with van der Waals surface area (Å²) in [5.74, 6) is 1.69. The molecule has 0 fully saturated rings. The Bertz CT molecular complexity index is 533. The van der Waals surface area contributed by atoms with Crippen molar-refractivity contribution in [2.45, 2.75) is 25.3 Å². The Morgan fingerprint density at radius 3 is 1.42 bits per heavy atom. The molecular formula is C20H28N2O2S2. The van der Waals surface area contributed by atoms with E-state index in [4.69, 9.17) is 20.9 Å². The summed E-state index contributed by atoms with van der Waals surface area (Å²) < 4.78 is 11.3. The van der Waals surface area contributed by atoms with Crippen LogP contribution in [0.1, 0.15) is 11.1 Å². The quantitative estimate of drug-likeness (QED) is 0.402. The van der Waals surface area contributed by atoms with Gasteiger partial charge in [0, 0.05) is 23.6 Å². The second-order valence-corrected chi connectivity index (χ2v) is 8.64. The van der Waals surface area contributed by atoms with Gasteiger partial charge in [-0.3, -0.25) is 0 Å². The van der Waals surface area contributed by atoms with Crippen LogP contribution < -0.4 is 11.5 Å². The van der Waals surface area contributed by atoms with E-state index in [0.29, 0.717) is 26.4 Å². The van der Waals surface area contributed by atoms with Crippen molar-refractivity contribution in [1.29, 1.82) is 0 Å². The lowest BCUT2D eigenvalue weighted by Crippen LogP contribution is -2.30. The van der Waals surface area contributed by atoms with Gasteiger partial charge in [0.05, 0.1) is 26.4 Å². The molecule has 0 amide bonds. The monoisotopic (exact) mass is 392 g/mol. The zero-order valence-electron chi connectivity index (χ0n) is 15.0. The molecule has 2 aromatic rings. The largest absolute Gasteiger partial charge is 0.375 e. The predicted octanol–water partition coefficient (Wildman–Crippen LogP) is 3.46. The summed E-state index contributed by atoms with van der Waals surface area (Å²) >= 11 is 0. The van der Waals surface area contributed by atoms with Crippen molar-refractivity contribution >= 4 is 21.6 Å². The summed E-state index contributed by atoms with van der Waals surface area (Å²) in [4.78, 5) is 0. The van der Waals surface area contributed by atoms with Crippen LogP contribution in [0.5, 0.6) is 0 Å². The van der Waals surface area contributed by atoms with Gasteiger partial charge < -0.3 is 20.9 Å². The average molecular weight is 393 g/mol. The Labute approximate surface area is 164 Å². The van der Waals surface area contributed by atoms with Crippen LogP contribution in [0, 0.1) is 0 Å². The molecule has 2 rings (SSSR count). The summed E-state index contributed by atoms with van der Waals surface area (Å²) in [5, 5.41) is 0. The van der Waals surface area contributed by atoms with Gasteiger partial charge >= 0.3 is 0 Å². The van der Waals surface area contributed by atoms with E-state index in [1.165, 1.54) is 11.1 Å². The summed E-state index contributed by atoms with van der Waals surface area (Å²) in [7, 11) is 3.48. The van der Waals surface area contributed by atoms with Crippen LogP contribution in [-0.2, 0) is 22.7 Å². The van der Waals surface area contributed by atoms with E-state index in [0.717, 1.165) is 11.5 Å². The van der Waals surface area contributed by atoms with Crippen molar-refractivity contribution in [3.05, 3.63) is 71.8 Å². The Balaban J connectivity index is 1.44. The van der Waals surface area contributed by atoms with E-state index in [1.807, 2.05) is 36.4 Å². The van der Waals surface area contributed by atoms with Gasteiger partial charge in [0.25, 0.3) is 0 Å². The van der Waals surface area contributed by atoms with Gasteiger partial charge in [0.1, 0.15) is 0 Å². The first kappa shape index (κ1) is 21.3. The molecule has 0 unspecified atom stereocenters. The molecule has 0 aliphatic heterocycles. The Kier molecular flexibility index (Phi) is 10.8. The number of rotatable bonds is 13. The molecule has 2 atom stereocenters. The van der Waals surface area contributed by atoms with E-state index < -0.39 is 0 Å².